The number of rotatable bonds is 4. The molecule has 0 aliphatic rings. The molecular weight excluding hydrogens is 226 g/mol. The molecule has 1 aromatic rings. The molecule has 2 N–H and O–H groups in total. The van der Waals surface area contributed by atoms with Crippen molar-refractivity contribution in [1.82, 2.24) is 10.3 Å². The lowest BCUT2D eigenvalue weighted by atomic mass is 10.2. The van der Waals surface area contributed by atoms with Crippen LogP contribution in [0.1, 0.15) is 20.8 Å². The number of carbonyl (C=O) groups excluding carboxylic acids is 1. The van der Waals surface area contributed by atoms with Gasteiger partial charge in [0.2, 0.25) is 0 Å². The van der Waals surface area contributed by atoms with E-state index in [0.29, 0.717) is 13.1 Å². The van der Waals surface area contributed by atoms with E-state index in [1.807, 2.05) is 26.2 Å². The van der Waals surface area contributed by atoms with Gasteiger partial charge in [-0.1, -0.05) is 0 Å². The van der Waals surface area contributed by atoms with Crippen LogP contribution in [0.25, 0.3) is 0 Å². The van der Waals surface area contributed by atoms with Crippen LogP contribution in [0.2, 0.25) is 0 Å². The lowest BCUT2D eigenvalue weighted by Crippen LogP contribution is -2.34. The minimum Gasteiger partial charge on any atom is -0.444 e. The second-order valence-electron chi connectivity index (χ2n) is 4.19. The van der Waals surface area contributed by atoms with Crippen LogP contribution >= 0.6 is 11.3 Å². The molecule has 0 aromatic carbocycles. The molecule has 0 atom stereocenters. The Hall–Kier alpha value is -1.30. The Balaban J connectivity index is 2.09. The van der Waals surface area contributed by atoms with Crippen LogP contribution < -0.4 is 10.6 Å². The van der Waals surface area contributed by atoms with Crippen molar-refractivity contribution in [2.75, 3.05) is 18.4 Å². The third kappa shape index (κ3) is 5.55. The number of alkyl carbamates (subject to hydrolysis) is 1. The van der Waals surface area contributed by atoms with Crippen molar-refractivity contribution in [3.8, 4) is 0 Å². The van der Waals surface area contributed by atoms with Crippen molar-refractivity contribution in [3.05, 3.63) is 11.6 Å². The summed E-state index contributed by atoms with van der Waals surface area (Å²) in [5.41, 5.74) is -0.452. The average Bonchev–Trinajstić information content (AvgIpc) is 2.62. The summed E-state index contributed by atoms with van der Waals surface area (Å²) >= 11 is 1.53. The molecule has 0 bridgehead atoms. The summed E-state index contributed by atoms with van der Waals surface area (Å²) in [5.74, 6) is 0. The number of thiazole rings is 1. The zero-order chi connectivity index (χ0) is 12.0. The highest BCUT2D eigenvalue weighted by Crippen LogP contribution is 2.09. The largest absolute Gasteiger partial charge is 0.444 e. The van der Waals surface area contributed by atoms with E-state index in [2.05, 4.69) is 15.6 Å². The Morgan fingerprint density at radius 3 is 2.81 bits per heavy atom. The Kier molecular flexibility index (Phi) is 4.54. The molecule has 0 unspecified atom stereocenters. The van der Waals surface area contributed by atoms with Crippen molar-refractivity contribution >= 4 is 22.6 Å². The number of anilines is 1. The van der Waals surface area contributed by atoms with Gasteiger partial charge in [0.15, 0.2) is 5.13 Å². The van der Waals surface area contributed by atoms with Gasteiger partial charge >= 0.3 is 6.09 Å². The second-order valence-corrected chi connectivity index (χ2v) is 5.09. The van der Waals surface area contributed by atoms with Crippen molar-refractivity contribution in [2.45, 2.75) is 26.4 Å². The summed E-state index contributed by atoms with van der Waals surface area (Å²) in [7, 11) is 0. The molecular formula is C10H17N3O2S. The maximum Gasteiger partial charge on any atom is 0.407 e. The van der Waals surface area contributed by atoms with Crippen LogP contribution in [-0.2, 0) is 4.74 Å². The molecule has 90 valence electrons. The van der Waals surface area contributed by atoms with E-state index in [0.717, 1.165) is 5.13 Å². The van der Waals surface area contributed by atoms with Crippen molar-refractivity contribution < 1.29 is 9.53 Å². The van der Waals surface area contributed by atoms with Gasteiger partial charge in [-0.05, 0) is 20.8 Å². The molecule has 1 aromatic heterocycles. The van der Waals surface area contributed by atoms with Gasteiger partial charge in [0.25, 0.3) is 0 Å². The summed E-state index contributed by atoms with van der Waals surface area (Å²) < 4.78 is 5.08. The summed E-state index contributed by atoms with van der Waals surface area (Å²) in [6.45, 7) is 6.64. The van der Waals surface area contributed by atoms with Gasteiger partial charge in [0.1, 0.15) is 5.60 Å². The summed E-state index contributed by atoms with van der Waals surface area (Å²) in [6, 6.07) is 0. The molecule has 0 fully saturated rings. The molecule has 1 heterocycles. The average molecular weight is 243 g/mol. The van der Waals surface area contributed by atoms with Crippen LogP contribution in [0, 0.1) is 0 Å². The SMILES string of the molecule is CC(C)(C)OC(=O)NCCNc1nccs1. The van der Waals surface area contributed by atoms with Gasteiger partial charge in [0.05, 0.1) is 0 Å². The highest BCUT2D eigenvalue weighted by atomic mass is 32.1. The van der Waals surface area contributed by atoms with Crippen molar-refractivity contribution in [3.63, 3.8) is 0 Å². The van der Waals surface area contributed by atoms with E-state index in [-0.39, 0.29) is 0 Å². The van der Waals surface area contributed by atoms with Gasteiger partial charge < -0.3 is 15.4 Å². The van der Waals surface area contributed by atoms with Crippen molar-refractivity contribution in [1.29, 1.82) is 0 Å². The standard InChI is InChI=1S/C10H17N3O2S/c1-10(2,3)15-9(14)13-5-4-11-8-12-6-7-16-8/h6-7H,4-5H2,1-3H3,(H,11,12)(H,13,14). The third-order valence-corrected chi connectivity index (χ3v) is 2.23. The predicted molar refractivity (Wildman–Crippen MR) is 64.8 cm³/mol. The number of nitrogens with one attached hydrogen (secondary N) is 2. The number of carbonyl (C=O) groups is 1. The molecule has 1 rings (SSSR count). The van der Waals surface area contributed by atoms with Crippen LogP contribution in [-0.4, -0.2) is 29.8 Å². The lowest BCUT2D eigenvalue weighted by molar-refractivity contribution is 0.0530. The maximum absolute atomic E-state index is 11.2. The summed E-state index contributed by atoms with van der Waals surface area (Å²) in [5, 5.41) is 8.48. The van der Waals surface area contributed by atoms with E-state index in [9.17, 15) is 4.79 Å². The fourth-order valence-corrected chi connectivity index (χ4v) is 1.52. The van der Waals surface area contributed by atoms with Gasteiger partial charge in [-0.2, -0.15) is 0 Å². The highest BCUT2D eigenvalue weighted by molar-refractivity contribution is 7.13. The normalized spacial score (nSPS) is 10.9. The molecule has 0 aliphatic carbocycles. The Morgan fingerprint density at radius 1 is 1.50 bits per heavy atom. The highest BCUT2D eigenvalue weighted by Gasteiger charge is 2.15. The lowest BCUT2D eigenvalue weighted by Gasteiger charge is -2.19. The first-order valence-electron chi connectivity index (χ1n) is 5.07. The number of hydrogen-bond acceptors (Lipinski definition) is 5. The van der Waals surface area contributed by atoms with Crippen molar-refractivity contribution in [2.24, 2.45) is 0 Å². The fraction of sp³-hybridized carbons (Fsp3) is 0.600. The Morgan fingerprint density at radius 2 is 2.25 bits per heavy atom. The van der Waals surface area contributed by atoms with E-state index < -0.39 is 11.7 Å². The number of amides is 1. The van der Waals surface area contributed by atoms with E-state index in [1.54, 1.807) is 6.20 Å². The third-order valence-electron chi connectivity index (χ3n) is 1.50. The minimum absolute atomic E-state index is 0.395. The van der Waals surface area contributed by atoms with Gasteiger partial charge in [0, 0.05) is 24.7 Å². The summed E-state index contributed by atoms with van der Waals surface area (Å²) in [6.07, 6.45) is 1.34. The number of hydrogen-bond donors (Lipinski definition) is 2. The van der Waals surface area contributed by atoms with E-state index >= 15 is 0 Å². The molecule has 0 saturated carbocycles. The van der Waals surface area contributed by atoms with Gasteiger partial charge in [-0.25, -0.2) is 9.78 Å². The zero-order valence-corrected chi connectivity index (χ0v) is 10.6. The first kappa shape index (κ1) is 12.8. The smallest absolute Gasteiger partial charge is 0.407 e. The Labute approximate surface area is 99.2 Å². The van der Waals surface area contributed by atoms with E-state index in [4.69, 9.17) is 4.74 Å². The monoisotopic (exact) mass is 243 g/mol. The molecule has 0 spiro atoms. The molecule has 0 radical (unpaired) electrons. The molecule has 6 heteroatoms. The summed E-state index contributed by atoms with van der Waals surface area (Å²) in [4.78, 5) is 15.3. The number of nitrogens with zero attached hydrogens (tertiary/aromatic N) is 1. The molecule has 1 amide bonds. The Bertz CT molecular complexity index is 319. The second kappa shape index (κ2) is 5.69. The van der Waals surface area contributed by atoms with Gasteiger partial charge in [-0.3, -0.25) is 0 Å². The topological polar surface area (TPSA) is 63.2 Å². The molecule has 16 heavy (non-hydrogen) atoms. The van der Waals surface area contributed by atoms with Crippen LogP contribution in [0.5, 0.6) is 0 Å². The van der Waals surface area contributed by atoms with Gasteiger partial charge in [-0.15, -0.1) is 11.3 Å². The van der Waals surface area contributed by atoms with Crippen LogP contribution in [0.15, 0.2) is 11.6 Å². The maximum atomic E-state index is 11.2. The van der Waals surface area contributed by atoms with E-state index in [1.165, 1.54) is 11.3 Å². The predicted octanol–water partition coefficient (Wildman–Crippen LogP) is 2.08. The fourth-order valence-electron chi connectivity index (χ4n) is 0.959. The minimum atomic E-state index is -0.452. The molecule has 0 saturated heterocycles. The molecule has 5 nitrogen and oxygen atoms in total. The first-order valence-corrected chi connectivity index (χ1v) is 5.95. The first-order chi connectivity index (χ1) is 7.47. The zero-order valence-electron chi connectivity index (χ0n) is 9.74. The number of aromatic nitrogens is 1. The molecule has 0 aliphatic heterocycles. The quantitative estimate of drug-likeness (QED) is 0.795. The van der Waals surface area contributed by atoms with Crippen LogP contribution in [0.3, 0.4) is 0 Å². The van der Waals surface area contributed by atoms with Crippen LogP contribution in [0.4, 0.5) is 9.93 Å². The number of ether oxygens (including phenoxy) is 1.